The van der Waals surface area contributed by atoms with E-state index >= 15 is 0 Å². The van der Waals surface area contributed by atoms with Crippen LogP contribution in [0.4, 0.5) is 0 Å². The first-order chi connectivity index (χ1) is 7.81. The Morgan fingerprint density at radius 2 is 2.25 bits per heavy atom. The second-order valence-corrected chi connectivity index (χ2v) is 3.06. The molecule has 0 aromatic carbocycles. The van der Waals surface area contributed by atoms with E-state index in [1.54, 1.807) is 7.11 Å². The predicted octanol–water partition coefficient (Wildman–Crippen LogP) is 0.856. The van der Waals surface area contributed by atoms with E-state index in [2.05, 4.69) is 15.3 Å². The Labute approximate surface area is 94.7 Å². The Morgan fingerprint density at radius 3 is 2.94 bits per heavy atom. The van der Waals surface area contributed by atoms with Gasteiger partial charge in [-0.2, -0.15) is 0 Å². The topological polar surface area (TPSA) is 96.3 Å². The number of hydrogen-bond donors (Lipinski definition) is 1. The van der Waals surface area contributed by atoms with Crippen molar-refractivity contribution in [2.45, 2.75) is 12.8 Å². The van der Waals surface area contributed by atoms with Gasteiger partial charge in [-0.3, -0.25) is 4.79 Å². The first-order valence-corrected chi connectivity index (χ1v) is 5.15. The summed E-state index contributed by atoms with van der Waals surface area (Å²) in [6, 6.07) is 0. The number of carbonyl (C=O) groups is 1. The quantitative estimate of drug-likeness (QED) is 0.261. The van der Waals surface area contributed by atoms with E-state index in [1.165, 1.54) is 0 Å². The first kappa shape index (κ1) is 14.7. The molecule has 0 bridgehead atoms. The summed E-state index contributed by atoms with van der Waals surface area (Å²) in [5, 5.41) is 6.08. The number of azide groups is 1. The molecule has 16 heavy (non-hydrogen) atoms. The number of unbranched alkanes of at least 4 members (excludes halogenated alkanes) is 1. The van der Waals surface area contributed by atoms with Gasteiger partial charge in [0.2, 0.25) is 5.91 Å². The van der Waals surface area contributed by atoms with Crippen molar-refractivity contribution in [2.24, 2.45) is 5.11 Å². The number of carbonyl (C=O) groups excluding carboxylic acids is 1. The van der Waals surface area contributed by atoms with Gasteiger partial charge in [-0.25, -0.2) is 0 Å². The van der Waals surface area contributed by atoms with E-state index in [0.29, 0.717) is 26.3 Å². The fraction of sp³-hybridized carbons (Fsp3) is 0.889. The fourth-order valence-corrected chi connectivity index (χ4v) is 0.938. The van der Waals surface area contributed by atoms with E-state index in [-0.39, 0.29) is 12.5 Å². The molecule has 92 valence electrons. The zero-order valence-electron chi connectivity index (χ0n) is 9.52. The van der Waals surface area contributed by atoms with Crippen LogP contribution in [0.1, 0.15) is 12.8 Å². The number of ether oxygens (including phenoxy) is 2. The number of rotatable bonds is 10. The lowest BCUT2D eigenvalue weighted by Crippen LogP contribution is -2.29. The summed E-state index contributed by atoms with van der Waals surface area (Å²) in [5.74, 6) is -0.139. The maximum atomic E-state index is 11.1. The highest BCUT2D eigenvalue weighted by Gasteiger charge is 1.99. The highest BCUT2D eigenvalue weighted by molar-refractivity contribution is 5.77. The molecule has 0 saturated heterocycles. The second-order valence-electron chi connectivity index (χ2n) is 3.06. The largest absolute Gasteiger partial charge is 0.382 e. The van der Waals surface area contributed by atoms with Crippen LogP contribution in [0.15, 0.2) is 5.11 Å². The molecule has 0 radical (unpaired) electrons. The number of methoxy groups -OCH3 is 1. The summed E-state index contributed by atoms with van der Waals surface area (Å²) < 4.78 is 9.79. The van der Waals surface area contributed by atoms with Gasteiger partial charge in [0, 0.05) is 25.1 Å². The highest BCUT2D eigenvalue weighted by Crippen LogP contribution is 1.88. The summed E-state index contributed by atoms with van der Waals surface area (Å²) in [5.41, 5.74) is 8.01. The van der Waals surface area contributed by atoms with Crippen LogP contribution >= 0.6 is 0 Å². The van der Waals surface area contributed by atoms with Crippen LogP contribution in [0.3, 0.4) is 0 Å². The molecule has 1 N–H and O–H groups in total. The van der Waals surface area contributed by atoms with Gasteiger partial charge in [-0.15, -0.1) is 0 Å². The van der Waals surface area contributed by atoms with Crippen LogP contribution in [-0.4, -0.2) is 45.9 Å². The minimum atomic E-state index is -0.139. The van der Waals surface area contributed by atoms with Crippen molar-refractivity contribution in [3.63, 3.8) is 0 Å². The number of nitrogens with zero attached hydrogens (tertiary/aromatic N) is 3. The van der Waals surface area contributed by atoms with Crippen molar-refractivity contribution in [3.05, 3.63) is 10.4 Å². The maximum absolute atomic E-state index is 11.1. The molecule has 0 fully saturated rings. The van der Waals surface area contributed by atoms with E-state index < -0.39 is 0 Å². The molecule has 0 spiro atoms. The van der Waals surface area contributed by atoms with Crippen molar-refractivity contribution < 1.29 is 14.3 Å². The average molecular weight is 230 g/mol. The zero-order chi connectivity index (χ0) is 12.1. The normalized spacial score (nSPS) is 9.56. The molecule has 0 rings (SSSR count). The number of nitrogens with one attached hydrogen (secondary N) is 1. The van der Waals surface area contributed by atoms with Crippen LogP contribution < -0.4 is 5.32 Å². The molecule has 0 aliphatic rings. The molecule has 7 nitrogen and oxygen atoms in total. The molecule has 0 unspecified atom stereocenters. The Hall–Kier alpha value is -1.30. The molecule has 0 aliphatic heterocycles. The molecule has 0 aromatic rings. The van der Waals surface area contributed by atoms with E-state index in [0.717, 1.165) is 12.8 Å². The zero-order valence-corrected chi connectivity index (χ0v) is 9.52. The highest BCUT2D eigenvalue weighted by atomic mass is 16.5. The summed E-state index contributed by atoms with van der Waals surface area (Å²) in [6.45, 7) is 2.00. The Bertz CT molecular complexity index is 229. The monoisotopic (exact) mass is 230 g/mol. The summed E-state index contributed by atoms with van der Waals surface area (Å²) in [7, 11) is 1.58. The van der Waals surface area contributed by atoms with Gasteiger partial charge < -0.3 is 14.8 Å². The summed E-state index contributed by atoms with van der Waals surface area (Å²) >= 11 is 0. The second kappa shape index (κ2) is 11.8. The molecule has 0 heterocycles. The first-order valence-electron chi connectivity index (χ1n) is 5.15. The van der Waals surface area contributed by atoms with Gasteiger partial charge in [-0.05, 0) is 18.4 Å². The number of amides is 1. The molecule has 0 atom stereocenters. The van der Waals surface area contributed by atoms with E-state index in [4.69, 9.17) is 15.0 Å². The van der Waals surface area contributed by atoms with Crippen molar-refractivity contribution in [3.8, 4) is 0 Å². The smallest absolute Gasteiger partial charge is 0.245 e. The Kier molecular flexibility index (Phi) is 10.8. The van der Waals surface area contributed by atoms with Gasteiger partial charge in [-0.1, -0.05) is 5.11 Å². The Balaban J connectivity index is 3.20. The van der Waals surface area contributed by atoms with Crippen LogP contribution in [0.2, 0.25) is 0 Å². The minimum absolute atomic E-state index is 0.0553. The lowest BCUT2D eigenvalue weighted by Gasteiger charge is -2.05. The van der Waals surface area contributed by atoms with E-state index in [9.17, 15) is 4.79 Å². The molecular formula is C9H18N4O3. The predicted molar refractivity (Wildman–Crippen MR) is 59.0 cm³/mol. The van der Waals surface area contributed by atoms with Crippen LogP contribution in [0, 0.1) is 0 Å². The maximum Gasteiger partial charge on any atom is 0.245 e. The van der Waals surface area contributed by atoms with Crippen LogP contribution in [0.25, 0.3) is 10.4 Å². The fourth-order valence-electron chi connectivity index (χ4n) is 0.938. The van der Waals surface area contributed by atoms with E-state index in [1.807, 2.05) is 0 Å². The van der Waals surface area contributed by atoms with Crippen LogP contribution in [0.5, 0.6) is 0 Å². The SMILES string of the molecule is COCCOCC(=O)NCCCCN=[N+]=[N-]. The molecule has 7 heteroatoms. The third-order valence-electron chi connectivity index (χ3n) is 1.74. The molecule has 0 aromatic heterocycles. The molecule has 1 amide bonds. The molecular weight excluding hydrogens is 212 g/mol. The number of hydrogen-bond acceptors (Lipinski definition) is 4. The van der Waals surface area contributed by atoms with Gasteiger partial charge >= 0.3 is 0 Å². The Morgan fingerprint density at radius 1 is 1.44 bits per heavy atom. The standard InChI is InChI=1S/C9H18N4O3/c1-15-6-7-16-8-9(14)11-4-2-3-5-12-13-10/h2-8H2,1H3,(H,11,14). The molecule has 0 aliphatic carbocycles. The third kappa shape index (κ3) is 10.8. The van der Waals surface area contributed by atoms with Crippen molar-refractivity contribution in [1.82, 2.24) is 5.32 Å². The lowest BCUT2D eigenvalue weighted by atomic mass is 10.3. The van der Waals surface area contributed by atoms with Crippen LogP contribution in [-0.2, 0) is 14.3 Å². The van der Waals surface area contributed by atoms with Crippen molar-refractivity contribution in [1.29, 1.82) is 0 Å². The average Bonchev–Trinajstić information content (AvgIpc) is 2.29. The summed E-state index contributed by atoms with van der Waals surface area (Å²) in [4.78, 5) is 13.8. The van der Waals surface area contributed by atoms with Gasteiger partial charge in [0.25, 0.3) is 0 Å². The van der Waals surface area contributed by atoms with Crippen molar-refractivity contribution >= 4 is 5.91 Å². The van der Waals surface area contributed by atoms with Gasteiger partial charge in [0.1, 0.15) is 6.61 Å². The van der Waals surface area contributed by atoms with Crippen molar-refractivity contribution in [2.75, 3.05) is 40.0 Å². The lowest BCUT2D eigenvalue weighted by molar-refractivity contribution is -0.126. The van der Waals surface area contributed by atoms with Gasteiger partial charge in [0.05, 0.1) is 13.2 Å². The minimum Gasteiger partial charge on any atom is -0.382 e. The third-order valence-corrected chi connectivity index (χ3v) is 1.74. The molecule has 0 saturated carbocycles. The summed E-state index contributed by atoms with van der Waals surface area (Å²) in [6.07, 6.45) is 1.57. The van der Waals surface area contributed by atoms with Gasteiger partial charge in [0.15, 0.2) is 0 Å².